The molecule has 1 aromatic carbocycles. The Morgan fingerprint density at radius 3 is 2.68 bits per heavy atom. The van der Waals surface area contributed by atoms with Crippen molar-refractivity contribution in [2.45, 2.75) is 32.3 Å². The molecule has 0 saturated carbocycles. The lowest BCUT2D eigenvalue weighted by molar-refractivity contribution is -0.136. The van der Waals surface area contributed by atoms with Gasteiger partial charge in [0.25, 0.3) is 5.91 Å². The molecule has 28 heavy (non-hydrogen) atoms. The largest absolute Gasteiger partial charge is 0.448 e. The molecule has 146 valence electrons. The number of aromatic nitrogens is 2. The van der Waals surface area contributed by atoms with Crippen LogP contribution >= 0.6 is 0 Å². The molecular weight excluding hydrogens is 367 g/mol. The first kappa shape index (κ1) is 18.1. The number of ether oxygens (including phenoxy) is 1. The minimum atomic E-state index is -1.11. The standard InChI is InChI=1S/C19H19FN4O4/c1-11(17(25)23-10-9-21-19(23)27)28-18(26)16-14-3-2-4-15(14)24(22-16)13-7-5-12(20)6-8-13/h5-8,11H,2-4,9-10H2,1H3,(H,21,27)/t11-/m1/s1. The van der Waals surface area contributed by atoms with Crippen molar-refractivity contribution in [3.05, 3.63) is 47.0 Å². The SMILES string of the molecule is C[C@@H](OC(=O)c1nn(-c2ccc(F)cc2)c2c1CCC2)C(=O)N1CCNC1=O. The fourth-order valence-electron chi connectivity index (χ4n) is 3.57. The molecule has 8 nitrogen and oxygen atoms in total. The lowest BCUT2D eigenvalue weighted by atomic mass is 10.2. The number of rotatable bonds is 4. The zero-order valence-electron chi connectivity index (χ0n) is 15.3. The van der Waals surface area contributed by atoms with Crippen molar-refractivity contribution in [3.63, 3.8) is 0 Å². The van der Waals surface area contributed by atoms with E-state index < -0.39 is 24.0 Å². The molecule has 9 heteroatoms. The fraction of sp³-hybridized carbons (Fsp3) is 0.368. The normalized spacial score (nSPS) is 16.6. The highest BCUT2D eigenvalue weighted by Gasteiger charge is 2.34. The van der Waals surface area contributed by atoms with E-state index in [-0.39, 0.29) is 18.1 Å². The van der Waals surface area contributed by atoms with E-state index in [0.29, 0.717) is 18.7 Å². The number of urea groups is 1. The van der Waals surface area contributed by atoms with Gasteiger partial charge in [0.1, 0.15) is 5.82 Å². The van der Waals surface area contributed by atoms with Gasteiger partial charge >= 0.3 is 12.0 Å². The molecule has 4 rings (SSSR count). The monoisotopic (exact) mass is 386 g/mol. The molecule has 2 aromatic rings. The van der Waals surface area contributed by atoms with Crippen LogP contribution in [0.15, 0.2) is 24.3 Å². The van der Waals surface area contributed by atoms with Crippen molar-refractivity contribution in [3.8, 4) is 5.69 Å². The molecule has 1 N–H and O–H groups in total. The molecule has 1 aromatic heterocycles. The summed E-state index contributed by atoms with van der Waals surface area (Å²) in [7, 11) is 0. The Morgan fingerprint density at radius 2 is 2.00 bits per heavy atom. The third kappa shape index (κ3) is 3.12. The predicted molar refractivity (Wildman–Crippen MR) is 95.5 cm³/mol. The van der Waals surface area contributed by atoms with Crippen molar-refractivity contribution < 1.29 is 23.5 Å². The summed E-state index contributed by atoms with van der Waals surface area (Å²) >= 11 is 0. The zero-order chi connectivity index (χ0) is 19.8. The number of amides is 3. The number of imide groups is 1. The summed E-state index contributed by atoms with van der Waals surface area (Å²) in [4.78, 5) is 37.7. The highest BCUT2D eigenvalue weighted by Crippen LogP contribution is 2.28. The molecule has 2 heterocycles. The van der Waals surface area contributed by atoms with Gasteiger partial charge in [-0.2, -0.15) is 5.10 Å². The first-order chi connectivity index (χ1) is 13.5. The number of hydrogen-bond donors (Lipinski definition) is 1. The summed E-state index contributed by atoms with van der Waals surface area (Å²) in [6.45, 7) is 2.05. The average molecular weight is 386 g/mol. The highest BCUT2D eigenvalue weighted by atomic mass is 19.1. The molecule has 1 saturated heterocycles. The van der Waals surface area contributed by atoms with Crippen LogP contribution in [0.2, 0.25) is 0 Å². The number of fused-ring (bicyclic) bond motifs is 1. The van der Waals surface area contributed by atoms with E-state index in [1.807, 2.05) is 0 Å². The molecule has 2 aliphatic rings. The van der Waals surface area contributed by atoms with Crippen LogP contribution in [0.5, 0.6) is 0 Å². The topological polar surface area (TPSA) is 93.5 Å². The Morgan fingerprint density at radius 1 is 1.25 bits per heavy atom. The molecule has 0 bridgehead atoms. The molecule has 0 radical (unpaired) electrons. The van der Waals surface area contributed by atoms with Gasteiger partial charge in [-0.25, -0.2) is 18.7 Å². The van der Waals surface area contributed by atoms with Crippen LogP contribution in [0.4, 0.5) is 9.18 Å². The maximum absolute atomic E-state index is 13.2. The Balaban J connectivity index is 1.56. The minimum Gasteiger partial charge on any atom is -0.448 e. The molecule has 0 unspecified atom stereocenters. The fourth-order valence-corrected chi connectivity index (χ4v) is 3.57. The molecule has 1 atom stereocenters. The summed E-state index contributed by atoms with van der Waals surface area (Å²) in [6, 6.07) is 5.35. The van der Waals surface area contributed by atoms with Crippen molar-refractivity contribution in [1.82, 2.24) is 20.0 Å². The second-order valence-corrected chi connectivity index (χ2v) is 6.78. The van der Waals surface area contributed by atoms with Crippen LogP contribution in [0.25, 0.3) is 5.69 Å². The van der Waals surface area contributed by atoms with Gasteiger partial charge in [0.2, 0.25) is 0 Å². The lowest BCUT2D eigenvalue weighted by Crippen LogP contribution is -2.41. The second-order valence-electron chi connectivity index (χ2n) is 6.78. The molecular formula is C19H19FN4O4. The van der Waals surface area contributed by atoms with Crippen LogP contribution in [0, 0.1) is 5.82 Å². The Kier molecular flexibility index (Phi) is 4.58. The number of carbonyl (C=O) groups is 3. The molecule has 1 aliphatic carbocycles. The number of esters is 1. The van der Waals surface area contributed by atoms with Crippen LogP contribution in [0.1, 0.15) is 35.1 Å². The number of carbonyl (C=O) groups excluding carboxylic acids is 3. The Labute approximate surface area is 160 Å². The second kappa shape index (κ2) is 7.06. The number of hydrogen-bond acceptors (Lipinski definition) is 5. The lowest BCUT2D eigenvalue weighted by Gasteiger charge is -2.17. The highest BCUT2D eigenvalue weighted by molar-refractivity contribution is 5.99. The van der Waals surface area contributed by atoms with E-state index >= 15 is 0 Å². The van der Waals surface area contributed by atoms with Gasteiger partial charge in [0.05, 0.1) is 5.69 Å². The molecule has 1 aliphatic heterocycles. The van der Waals surface area contributed by atoms with Crippen LogP contribution in [-0.2, 0) is 22.4 Å². The van der Waals surface area contributed by atoms with E-state index in [4.69, 9.17) is 4.74 Å². The van der Waals surface area contributed by atoms with Crippen LogP contribution in [-0.4, -0.2) is 51.8 Å². The van der Waals surface area contributed by atoms with E-state index in [1.165, 1.54) is 19.1 Å². The summed E-state index contributed by atoms with van der Waals surface area (Å²) in [5, 5.41) is 6.91. The zero-order valence-corrected chi connectivity index (χ0v) is 15.3. The first-order valence-corrected chi connectivity index (χ1v) is 9.12. The van der Waals surface area contributed by atoms with Gasteiger partial charge in [-0.15, -0.1) is 0 Å². The van der Waals surface area contributed by atoms with E-state index in [9.17, 15) is 18.8 Å². The third-order valence-electron chi connectivity index (χ3n) is 4.95. The maximum atomic E-state index is 13.2. The van der Waals surface area contributed by atoms with Crippen molar-refractivity contribution in [2.75, 3.05) is 13.1 Å². The third-order valence-corrected chi connectivity index (χ3v) is 4.95. The van der Waals surface area contributed by atoms with Crippen molar-refractivity contribution >= 4 is 17.9 Å². The van der Waals surface area contributed by atoms with Crippen LogP contribution < -0.4 is 5.32 Å². The van der Waals surface area contributed by atoms with Gasteiger partial charge in [-0.1, -0.05) is 0 Å². The number of benzene rings is 1. The van der Waals surface area contributed by atoms with Crippen LogP contribution in [0.3, 0.4) is 0 Å². The van der Waals surface area contributed by atoms with E-state index in [0.717, 1.165) is 29.0 Å². The van der Waals surface area contributed by atoms with Crippen molar-refractivity contribution in [1.29, 1.82) is 0 Å². The first-order valence-electron chi connectivity index (χ1n) is 9.12. The van der Waals surface area contributed by atoms with Gasteiger partial charge in [0.15, 0.2) is 11.8 Å². The Bertz CT molecular complexity index is 954. The quantitative estimate of drug-likeness (QED) is 0.806. The molecule has 3 amide bonds. The van der Waals surface area contributed by atoms with Gasteiger partial charge in [-0.05, 0) is 50.5 Å². The van der Waals surface area contributed by atoms with E-state index in [2.05, 4.69) is 10.4 Å². The summed E-state index contributed by atoms with van der Waals surface area (Å²) < 4.78 is 20.1. The average Bonchev–Trinajstić information content (AvgIpc) is 3.38. The number of nitrogens with zero attached hydrogens (tertiary/aromatic N) is 3. The molecule has 1 fully saturated rings. The maximum Gasteiger partial charge on any atom is 0.359 e. The Hall–Kier alpha value is -3.23. The smallest absolute Gasteiger partial charge is 0.359 e. The van der Waals surface area contributed by atoms with Gasteiger partial charge in [-0.3, -0.25) is 9.69 Å². The number of nitrogens with one attached hydrogen (secondary N) is 1. The van der Waals surface area contributed by atoms with Crippen molar-refractivity contribution in [2.24, 2.45) is 0 Å². The minimum absolute atomic E-state index is 0.155. The van der Waals surface area contributed by atoms with Gasteiger partial charge in [0, 0.05) is 24.3 Å². The summed E-state index contributed by atoms with van der Waals surface area (Å²) in [5.41, 5.74) is 2.48. The predicted octanol–water partition coefficient (Wildman–Crippen LogP) is 1.60. The summed E-state index contributed by atoms with van der Waals surface area (Å²) in [5.74, 6) is -1.64. The van der Waals surface area contributed by atoms with E-state index in [1.54, 1.807) is 16.8 Å². The molecule has 0 spiro atoms. The number of halogens is 1. The summed E-state index contributed by atoms with van der Waals surface area (Å²) in [6.07, 6.45) is 1.19. The van der Waals surface area contributed by atoms with Gasteiger partial charge < -0.3 is 10.1 Å².